The second-order valence-corrected chi connectivity index (χ2v) is 9.18. The van der Waals surface area contributed by atoms with Crippen LogP contribution >= 0.6 is 0 Å². The Bertz CT molecular complexity index is 1520. The second kappa shape index (κ2) is 9.93. The van der Waals surface area contributed by atoms with Gasteiger partial charge in [-0.15, -0.1) is 0 Å². The number of halogens is 3. The van der Waals surface area contributed by atoms with Gasteiger partial charge in [0.05, 0.1) is 19.3 Å². The highest BCUT2D eigenvalue weighted by Crippen LogP contribution is 2.37. The number of rotatable bonds is 5. The number of benzene rings is 2. The van der Waals surface area contributed by atoms with Crippen molar-refractivity contribution in [1.82, 2.24) is 24.2 Å². The number of ether oxygens (including phenoxy) is 1. The predicted octanol–water partition coefficient (Wildman–Crippen LogP) is 4.79. The molecule has 0 bridgehead atoms. The molecule has 3 heterocycles. The number of amides is 2. The fraction of sp³-hybridized carbons (Fsp3) is 0.259. The van der Waals surface area contributed by atoms with Gasteiger partial charge in [-0.1, -0.05) is 17.7 Å². The molecule has 5 rings (SSSR count). The number of carbonyl (C=O) groups excluding carboxylic acids is 2. The number of alkyl halides is 3. The molecule has 0 aliphatic carbocycles. The van der Waals surface area contributed by atoms with Crippen LogP contribution < -0.4 is 4.90 Å². The summed E-state index contributed by atoms with van der Waals surface area (Å²) >= 11 is 0. The van der Waals surface area contributed by atoms with E-state index >= 15 is 0 Å². The van der Waals surface area contributed by atoms with Gasteiger partial charge in [0, 0.05) is 42.9 Å². The minimum Gasteiger partial charge on any atom is -0.453 e. The van der Waals surface area contributed by atoms with E-state index in [1.165, 1.54) is 16.9 Å². The van der Waals surface area contributed by atoms with Crippen molar-refractivity contribution < 1.29 is 27.5 Å². The molecule has 0 N–H and O–H groups in total. The zero-order valence-electron chi connectivity index (χ0n) is 21.4. The molecule has 0 spiro atoms. The minimum atomic E-state index is -4.69. The topological polar surface area (TPSA) is 85.5 Å². The zero-order chi connectivity index (χ0) is 27.9. The largest absolute Gasteiger partial charge is 0.453 e. The summed E-state index contributed by atoms with van der Waals surface area (Å²) in [5.41, 5.74) is 1.35. The van der Waals surface area contributed by atoms with Gasteiger partial charge in [0.15, 0.2) is 5.69 Å². The van der Waals surface area contributed by atoms with Gasteiger partial charge in [0.25, 0.3) is 5.91 Å². The first-order valence-corrected chi connectivity index (χ1v) is 12.1. The molecule has 2 amide bonds. The summed E-state index contributed by atoms with van der Waals surface area (Å²) in [7, 11) is 2.89. The van der Waals surface area contributed by atoms with Crippen molar-refractivity contribution in [2.24, 2.45) is 0 Å². The fourth-order valence-corrected chi connectivity index (χ4v) is 4.62. The van der Waals surface area contributed by atoms with E-state index in [1.807, 2.05) is 6.92 Å². The van der Waals surface area contributed by atoms with Crippen LogP contribution in [0.3, 0.4) is 0 Å². The fourth-order valence-electron chi connectivity index (χ4n) is 4.62. The maximum atomic E-state index is 13.8. The molecule has 0 saturated carbocycles. The summed E-state index contributed by atoms with van der Waals surface area (Å²) in [4.78, 5) is 32.6. The molecule has 9 nitrogen and oxygen atoms in total. The number of methoxy groups -OCH3 is 1. The first-order valence-electron chi connectivity index (χ1n) is 12.1. The predicted molar refractivity (Wildman–Crippen MR) is 136 cm³/mol. The van der Waals surface area contributed by atoms with E-state index in [0.29, 0.717) is 17.2 Å². The Labute approximate surface area is 222 Å². The van der Waals surface area contributed by atoms with Crippen molar-refractivity contribution >= 4 is 17.7 Å². The van der Waals surface area contributed by atoms with E-state index in [0.717, 1.165) is 15.9 Å². The van der Waals surface area contributed by atoms with Crippen molar-refractivity contribution in [1.29, 1.82) is 0 Å². The molecule has 0 saturated heterocycles. The molecule has 0 radical (unpaired) electrons. The first-order chi connectivity index (χ1) is 18.6. The number of anilines is 1. The van der Waals surface area contributed by atoms with E-state index in [-0.39, 0.29) is 30.8 Å². The lowest BCUT2D eigenvalue weighted by molar-refractivity contribution is -0.141. The number of fused-ring (bicyclic) bond motifs is 1. The molecule has 2 aromatic heterocycles. The standard InChI is InChI=1S/C27H25F3N6O3/c1-17-4-6-20(7-5-17)36-23-21(24(32-36)27(28,29)30)12-14-35(25(23)37)19-10-8-18(9-11-19)34-15-13-31-22(34)16-33(2)26(38)39-3/h4-11,13,15H,12,14,16H2,1-3H3. The Morgan fingerprint density at radius 3 is 2.33 bits per heavy atom. The van der Waals surface area contributed by atoms with Crippen LogP contribution in [0.5, 0.6) is 0 Å². The molecule has 4 aromatic rings. The minimum absolute atomic E-state index is 0.00899. The van der Waals surface area contributed by atoms with E-state index in [9.17, 15) is 22.8 Å². The highest BCUT2D eigenvalue weighted by Gasteiger charge is 2.43. The normalized spacial score (nSPS) is 13.4. The van der Waals surface area contributed by atoms with Crippen molar-refractivity contribution in [3.05, 3.63) is 89.3 Å². The highest BCUT2D eigenvalue weighted by atomic mass is 19.4. The molecule has 1 aliphatic rings. The lowest BCUT2D eigenvalue weighted by Gasteiger charge is -2.28. The van der Waals surface area contributed by atoms with E-state index in [1.54, 1.807) is 72.5 Å². The SMILES string of the molecule is COC(=O)N(C)Cc1nccn1-c1ccc(N2CCc3c(C(F)(F)F)nn(-c4ccc(C)cc4)c3C2=O)cc1. The van der Waals surface area contributed by atoms with Gasteiger partial charge in [0.2, 0.25) is 0 Å². The average molecular weight is 539 g/mol. The molecule has 2 aromatic carbocycles. The number of hydrogen-bond donors (Lipinski definition) is 0. The Balaban J connectivity index is 1.46. The number of nitrogens with zero attached hydrogens (tertiary/aromatic N) is 6. The summed E-state index contributed by atoms with van der Waals surface area (Å²) in [6.07, 6.45) is -1.83. The quantitative estimate of drug-likeness (QED) is 0.365. The summed E-state index contributed by atoms with van der Waals surface area (Å²) in [6.45, 7) is 2.15. The number of carbonyl (C=O) groups is 2. The van der Waals surface area contributed by atoms with Crippen LogP contribution in [0, 0.1) is 6.92 Å². The molecule has 12 heteroatoms. The smallest absolute Gasteiger partial charge is 0.435 e. The van der Waals surface area contributed by atoms with Crippen LogP contribution in [0.4, 0.5) is 23.7 Å². The van der Waals surface area contributed by atoms with E-state index < -0.39 is 23.9 Å². The van der Waals surface area contributed by atoms with Crippen LogP contribution in [-0.4, -0.2) is 56.9 Å². The Morgan fingerprint density at radius 2 is 1.69 bits per heavy atom. The Hall–Kier alpha value is -4.61. The number of imidazole rings is 1. The number of hydrogen-bond acceptors (Lipinski definition) is 5. The van der Waals surface area contributed by atoms with Gasteiger partial charge in [0.1, 0.15) is 11.5 Å². The van der Waals surface area contributed by atoms with Crippen LogP contribution in [0.1, 0.15) is 33.1 Å². The number of aromatic nitrogens is 4. The molecule has 202 valence electrons. The van der Waals surface area contributed by atoms with Gasteiger partial charge < -0.3 is 19.1 Å². The zero-order valence-corrected chi connectivity index (χ0v) is 21.4. The summed E-state index contributed by atoms with van der Waals surface area (Å²) < 4.78 is 49.1. The Morgan fingerprint density at radius 1 is 1.05 bits per heavy atom. The van der Waals surface area contributed by atoms with Crippen molar-refractivity contribution in [2.75, 3.05) is 25.6 Å². The molecular formula is C27H25F3N6O3. The average Bonchev–Trinajstić information content (AvgIpc) is 3.54. The molecule has 1 aliphatic heterocycles. The molecule has 0 unspecified atom stereocenters. The third-order valence-electron chi connectivity index (χ3n) is 6.59. The van der Waals surface area contributed by atoms with Crippen LogP contribution in [0.25, 0.3) is 11.4 Å². The van der Waals surface area contributed by atoms with Crippen LogP contribution in [-0.2, 0) is 23.9 Å². The molecule has 39 heavy (non-hydrogen) atoms. The number of aryl methyl sites for hydroxylation is 1. The van der Waals surface area contributed by atoms with Gasteiger partial charge in [-0.25, -0.2) is 14.5 Å². The van der Waals surface area contributed by atoms with Crippen molar-refractivity contribution in [3.8, 4) is 11.4 Å². The van der Waals surface area contributed by atoms with Gasteiger partial charge in [-0.2, -0.15) is 18.3 Å². The summed E-state index contributed by atoms with van der Waals surface area (Å²) in [5, 5.41) is 3.84. The van der Waals surface area contributed by atoms with Gasteiger partial charge in [-0.3, -0.25) is 4.79 Å². The van der Waals surface area contributed by atoms with Crippen molar-refractivity contribution in [2.45, 2.75) is 26.1 Å². The lowest BCUT2D eigenvalue weighted by Crippen LogP contribution is -2.39. The molecule has 0 atom stereocenters. The van der Waals surface area contributed by atoms with Crippen LogP contribution in [0.15, 0.2) is 60.9 Å². The summed E-state index contributed by atoms with van der Waals surface area (Å²) in [6, 6.07) is 13.8. The van der Waals surface area contributed by atoms with Gasteiger partial charge in [-0.05, 0) is 49.7 Å². The maximum absolute atomic E-state index is 13.8. The van der Waals surface area contributed by atoms with Gasteiger partial charge >= 0.3 is 12.3 Å². The second-order valence-electron chi connectivity index (χ2n) is 9.18. The van der Waals surface area contributed by atoms with E-state index in [2.05, 4.69) is 10.1 Å². The Kier molecular flexibility index (Phi) is 6.62. The van der Waals surface area contributed by atoms with Crippen molar-refractivity contribution in [3.63, 3.8) is 0 Å². The highest BCUT2D eigenvalue weighted by molar-refractivity contribution is 6.07. The first kappa shape index (κ1) is 26.0. The molecular weight excluding hydrogens is 513 g/mol. The lowest BCUT2D eigenvalue weighted by atomic mass is 10.0. The third-order valence-corrected chi connectivity index (χ3v) is 6.59. The monoisotopic (exact) mass is 538 g/mol. The maximum Gasteiger partial charge on any atom is 0.435 e. The summed E-state index contributed by atoms with van der Waals surface area (Å²) in [5.74, 6) is 0.0339. The third kappa shape index (κ3) is 4.85. The van der Waals surface area contributed by atoms with Crippen LogP contribution in [0.2, 0.25) is 0 Å². The van der Waals surface area contributed by atoms with E-state index in [4.69, 9.17) is 4.74 Å². The molecule has 0 fully saturated rings.